The number of ether oxygens (including phenoxy) is 2. The van der Waals surface area contributed by atoms with E-state index < -0.39 is 0 Å². The third-order valence-corrected chi connectivity index (χ3v) is 5.81. The molecule has 0 aromatic heterocycles. The standard InChI is InChI=1S/C23H31N3O3/c1-15(19-12-18(28-3)10-11-22(19)29-4)25-23(27)16(2)26-13-20(21(24)14-26)17-8-6-5-7-9-17/h5-12,15-16,20-21H,13-14,24H2,1-4H3,(H,25,27)/t15?,16?,20-,21+/m0/s1. The topological polar surface area (TPSA) is 76.8 Å². The van der Waals surface area contributed by atoms with Crippen LogP contribution < -0.4 is 20.5 Å². The molecule has 156 valence electrons. The number of carbonyl (C=O) groups is 1. The van der Waals surface area contributed by atoms with Gasteiger partial charge in [0.1, 0.15) is 11.5 Å². The largest absolute Gasteiger partial charge is 0.497 e. The lowest BCUT2D eigenvalue weighted by molar-refractivity contribution is -0.126. The molecule has 1 aliphatic rings. The van der Waals surface area contributed by atoms with Crippen LogP contribution in [0.4, 0.5) is 0 Å². The Morgan fingerprint density at radius 1 is 1.10 bits per heavy atom. The van der Waals surface area contributed by atoms with E-state index in [0.29, 0.717) is 6.54 Å². The van der Waals surface area contributed by atoms with Gasteiger partial charge in [-0.1, -0.05) is 30.3 Å². The Morgan fingerprint density at radius 2 is 1.83 bits per heavy atom. The monoisotopic (exact) mass is 397 g/mol. The van der Waals surface area contributed by atoms with Crippen LogP contribution in [0.2, 0.25) is 0 Å². The van der Waals surface area contributed by atoms with Gasteiger partial charge in [-0.25, -0.2) is 0 Å². The summed E-state index contributed by atoms with van der Waals surface area (Å²) >= 11 is 0. The van der Waals surface area contributed by atoms with Crippen molar-refractivity contribution in [1.82, 2.24) is 10.2 Å². The van der Waals surface area contributed by atoms with Crippen LogP contribution in [0.5, 0.6) is 11.5 Å². The summed E-state index contributed by atoms with van der Waals surface area (Å²) in [7, 11) is 3.24. The van der Waals surface area contributed by atoms with E-state index in [2.05, 4.69) is 22.3 Å². The van der Waals surface area contributed by atoms with Gasteiger partial charge in [-0.15, -0.1) is 0 Å². The highest BCUT2D eigenvalue weighted by atomic mass is 16.5. The number of hydrogen-bond acceptors (Lipinski definition) is 5. The lowest BCUT2D eigenvalue weighted by atomic mass is 9.95. The highest BCUT2D eigenvalue weighted by Crippen LogP contribution is 2.30. The molecule has 3 N–H and O–H groups in total. The molecule has 2 aromatic rings. The van der Waals surface area contributed by atoms with Gasteiger partial charge in [-0.2, -0.15) is 0 Å². The van der Waals surface area contributed by atoms with E-state index in [1.165, 1.54) is 5.56 Å². The van der Waals surface area contributed by atoms with Gasteiger partial charge in [0.05, 0.1) is 26.3 Å². The van der Waals surface area contributed by atoms with Gasteiger partial charge in [0.25, 0.3) is 0 Å². The Labute approximate surface area is 173 Å². The SMILES string of the molecule is COc1ccc(OC)c(C(C)NC(=O)C(C)N2C[C@@H](N)[C@H](c3ccccc3)C2)c1. The van der Waals surface area contributed by atoms with Crippen LogP contribution in [0.3, 0.4) is 0 Å². The predicted octanol–water partition coefficient (Wildman–Crippen LogP) is 2.70. The maximum absolute atomic E-state index is 13.0. The Bertz CT molecular complexity index is 827. The summed E-state index contributed by atoms with van der Waals surface area (Å²) < 4.78 is 10.8. The molecule has 6 nitrogen and oxygen atoms in total. The zero-order valence-electron chi connectivity index (χ0n) is 17.6. The summed E-state index contributed by atoms with van der Waals surface area (Å²) in [6, 6.07) is 15.4. The number of methoxy groups -OCH3 is 2. The molecule has 3 rings (SSSR count). The summed E-state index contributed by atoms with van der Waals surface area (Å²) in [5.74, 6) is 1.66. The van der Waals surface area contributed by atoms with Crippen molar-refractivity contribution in [2.24, 2.45) is 5.73 Å². The van der Waals surface area contributed by atoms with E-state index in [9.17, 15) is 4.79 Å². The number of carbonyl (C=O) groups excluding carboxylic acids is 1. The molecule has 0 saturated carbocycles. The zero-order valence-corrected chi connectivity index (χ0v) is 17.6. The molecular formula is C23H31N3O3. The third-order valence-electron chi connectivity index (χ3n) is 5.81. The molecular weight excluding hydrogens is 366 g/mol. The van der Waals surface area contributed by atoms with E-state index in [1.807, 2.05) is 50.2 Å². The maximum atomic E-state index is 13.0. The van der Waals surface area contributed by atoms with Crippen molar-refractivity contribution in [3.8, 4) is 11.5 Å². The van der Waals surface area contributed by atoms with E-state index >= 15 is 0 Å². The van der Waals surface area contributed by atoms with Gasteiger partial charge in [-0.3, -0.25) is 9.69 Å². The van der Waals surface area contributed by atoms with Crippen molar-refractivity contribution in [1.29, 1.82) is 0 Å². The normalized spacial score (nSPS) is 21.4. The van der Waals surface area contributed by atoms with Crippen LogP contribution in [0.25, 0.3) is 0 Å². The lowest BCUT2D eigenvalue weighted by Gasteiger charge is -2.26. The van der Waals surface area contributed by atoms with Crippen molar-refractivity contribution >= 4 is 5.91 Å². The second-order valence-corrected chi connectivity index (χ2v) is 7.65. The van der Waals surface area contributed by atoms with Crippen molar-refractivity contribution in [2.75, 3.05) is 27.3 Å². The molecule has 1 saturated heterocycles. The van der Waals surface area contributed by atoms with Crippen LogP contribution >= 0.6 is 0 Å². The molecule has 0 radical (unpaired) electrons. The van der Waals surface area contributed by atoms with Crippen LogP contribution in [0.15, 0.2) is 48.5 Å². The van der Waals surface area contributed by atoms with Crippen LogP contribution in [-0.2, 0) is 4.79 Å². The molecule has 2 aromatic carbocycles. The number of amides is 1. The first-order valence-electron chi connectivity index (χ1n) is 10.0. The first kappa shape index (κ1) is 21.1. The first-order valence-corrected chi connectivity index (χ1v) is 10.0. The van der Waals surface area contributed by atoms with E-state index in [1.54, 1.807) is 14.2 Å². The van der Waals surface area contributed by atoms with Gasteiger partial charge in [0, 0.05) is 30.6 Å². The average Bonchev–Trinajstić information content (AvgIpc) is 3.14. The number of hydrogen-bond donors (Lipinski definition) is 2. The smallest absolute Gasteiger partial charge is 0.237 e. The van der Waals surface area contributed by atoms with Gasteiger partial charge < -0.3 is 20.5 Å². The fourth-order valence-electron chi connectivity index (χ4n) is 3.99. The summed E-state index contributed by atoms with van der Waals surface area (Å²) in [6.07, 6.45) is 0. The number of likely N-dealkylation sites (tertiary alicyclic amines) is 1. The fourth-order valence-corrected chi connectivity index (χ4v) is 3.99. The maximum Gasteiger partial charge on any atom is 0.237 e. The van der Waals surface area contributed by atoms with Crippen molar-refractivity contribution < 1.29 is 14.3 Å². The number of nitrogens with two attached hydrogens (primary N) is 1. The summed E-state index contributed by atoms with van der Waals surface area (Å²) in [6.45, 7) is 5.36. The zero-order chi connectivity index (χ0) is 21.0. The summed E-state index contributed by atoms with van der Waals surface area (Å²) in [5, 5.41) is 3.11. The third kappa shape index (κ3) is 4.71. The highest BCUT2D eigenvalue weighted by Gasteiger charge is 2.36. The Balaban J connectivity index is 1.66. The molecule has 1 fully saturated rings. The van der Waals surface area contributed by atoms with E-state index in [-0.39, 0.29) is 30.0 Å². The minimum atomic E-state index is -0.270. The fraction of sp³-hybridized carbons (Fsp3) is 0.435. The Kier molecular flexibility index (Phi) is 6.77. The molecule has 2 unspecified atom stereocenters. The molecule has 0 bridgehead atoms. The van der Waals surface area contributed by atoms with Gasteiger partial charge in [-0.05, 0) is 37.6 Å². The molecule has 1 heterocycles. The van der Waals surface area contributed by atoms with Crippen molar-refractivity contribution in [2.45, 2.75) is 37.9 Å². The number of nitrogens with zero attached hydrogens (tertiary/aromatic N) is 1. The molecule has 1 aliphatic heterocycles. The van der Waals surface area contributed by atoms with Crippen LogP contribution in [-0.4, -0.2) is 50.2 Å². The minimum Gasteiger partial charge on any atom is -0.497 e. The predicted molar refractivity (Wildman–Crippen MR) is 114 cm³/mol. The highest BCUT2D eigenvalue weighted by molar-refractivity contribution is 5.82. The quantitative estimate of drug-likeness (QED) is 0.751. The first-order chi connectivity index (χ1) is 13.9. The van der Waals surface area contributed by atoms with Gasteiger partial charge in [0.15, 0.2) is 0 Å². The number of rotatable bonds is 7. The van der Waals surface area contributed by atoms with Gasteiger partial charge in [0.2, 0.25) is 5.91 Å². The second kappa shape index (κ2) is 9.29. The molecule has 6 heteroatoms. The Morgan fingerprint density at radius 3 is 2.48 bits per heavy atom. The minimum absolute atomic E-state index is 0.0172. The van der Waals surface area contributed by atoms with Crippen LogP contribution in [0.1, 0.15) is 36.9 Å². The van der Waals surface area contributed by atoms with Crippen LogP contribution in [0, 0.1) is 0 Å². The molecule has 0 spiro atoms. The van der Waals surface area contributed by atoms with Gasteiger partial charge >= 0.3 is 0 Å². The molecule has 0 aliphatic carbocycles. The molecule has 29 heavy (non-hydrogen) atoms. The second-order valence-electron chi connectivity index (χ2n) is 7.65. The number of benzene rings is 2. The van der Waals surface area contributed by atoms with Crippen molar-refractivity contribution in [3.63, 3.8) is 0 Å². The number of nitrogens with one attached hydrogen (secondary N) is 1. The van der Waals surface area contributed by atoms with E-state index in [4.69, 9.17) is 15.2 Å². The van der Waals surface area contributed by atoms with E-state index in [0.717, 1.165) is 23.6 Å². The summed E-state index contributed by atoms with van der Waals surface area (Å²) in [5.41, 5.74) is 8.51. The Hall–Kier alpha value is -2.57. The summed E-state index contributed by atoms with van der Waals surface area (Å²) in [4.78, 5) is 15.1. The molecule has 4 atom stereocenters. The average molecular weight is 398 g/mol. The van der Waals surface area contributed by atoms with Crippen molar-refractivity contribution in [3.05, 3.63) is 59.7 Å². The lowest BCUT2D eigenvalue weighted by Crippen LogP contribution is -2.45. The molecule has 1 amide bonds.